The van der Waals surface area contributed by atoms with E-state index in [1.165, 1.54) is 5.56 Å². The molecule has 2 N–H and O–H groups in total. The van der Waals surface area contributed by atoms with Crippen LogP contribution in [0.15, 0.2) is 29.3 Å². The SMILES string of the molecule is CCCCOc1cccc(CNC(=NC)NCCOCC)c1.I. The van der Waals surface area contributed by atoms with Gasteiger partial charge < -0.3 is 20.1 Å². The topological polar surface area (TPSA) is 54.9 Å². The molecule has 0 aliphatic heterocycles. The summed E-state index contributed by atoms with van der Waals surface area (Å²) in [5, 5.41) is 6.50. The van der Waals surface area contributed by atoms with Gasteiger partial charge in [0.2, 0.25) is 0 Å². The summed E-state index contributed by atoms with van der Waals surface area (Å²) < 4.78 is 11.0. The molecule has 23 heavy (non-hydrogen) atoms. The van der Waals surface area contributed by atoms with Crippen LogP contribution in [0.5, 0.6) is 5.75 Å². The first-order valence-corrected chi connectivity index (χ1v) is 8.04. The van der Waals surface area contributed by atoms with E-state index in [1.807, 2.05) is 19.1 Å². The minimum atomic E-state index is 0. The molecule has 0 aliphatic rings. The van der Waals surface area contributed by atoms with Gasteiger partial charge in [0.15, 0.2) is 5.96 Å². The molecular weight excluding hydrogens is 405 g/mol. The standard InChI is InChI=1S/C17H29N3O2.HI/c1-4-6-11-22-16-9-7-8-15(13-16)14-20-17(18-3)19-10-12-21-5-2;/h7-9,13H,4-6,10-12,14H2,1-3H3,(H2,18,19,20);1H. The molecule has 0 radical (unpaired) electrons. The summed E-state index contributed by atoms with van der Waals surface area (Å²) in [6.45, 7) is 7.79. The fourth-order valence-electron chi connectivity index (χ4n) is 1.87. The van der Waals surface area contributed by atoms with E-state index in [0.29, 0.717) is 13.2 Å². The highest BCUT2D eigenvalue weighted by Gasteiger charge is 2.00. The second-order valence-corrected chi connectivity index (χ2v) is 4.90. The predicted molar refractivity (Wildman–Crippen MR) is 107 cm³/mol. The van der Waals surface area contributed by atoms with Gasteiger partial charge in [-0.3, -0.25) is 4.99 Å². The fraction of sp³-hybridized carbons (Fsp3) is 0.588. The lowest BCUT2D eigenvalue weighted by molar-refractivity contribution is 0.152. The summed E-state index contributed by atoms with van der Waals surface area (Å²) in [5.41, 5.74) is 1.17. The molecule has 1 aromatic rings. The van der Waals surface area contributed by atoms with Gasteiger partial charge in [0.05, 0.1) is 13.2 Å². The molecule has 0 aromatic heterocycles. The summed E-state index contributed by atoms with van der Waals surface area (Å²) in [5.74, 6) is 1.70. The molecule has 0 saturated heterocycles. The number of benzene rings is 1. The van der Waals surface area contributed by atoms with Crippen LogP contribution in [0.2, 0.25) is 0 Å². The smallest absolute Gasteiger partial charge is 0.191 e. The van der Waals surface area contributed by atoms with Gasteiger partial charge in [-0.15, -0.1) is 24.0 Å². The Kier molecular flexibility index (Phi) is 13.9. The highest BCUT2D eigenvalue weighted by Crippen LogP contribution is 2.13. The molecule has 132 valence electrons. The van der Waals surface area contributed by atoms with Crippen molar-refractivity contribution < 1.29 is 9.47 Å². The molecule has 0 heterocycles. The largest absolute Gasteiger partial charge is 0.494 e. The maximum absolute atomic E-state index is 5.72. The average Bonchev–Trinajstić information content (AvgIpc) is 2.55. The van der Waals surface area contributed by atoms with Crippen LogP contribution in [0.3, 0.4) is 0 Å². The lowest BCUT2D eigenvalue weighted by Crippen LogP contribution is -2.38. The van der Waals surface area contributed by atoms with Gasteiger partial charge in [-0.1, -0.05) is 25.5 Å². The van der Waals surface area contributed by atoms with E-state index in [2.05, 4.69) is 34.7 Å². The monoisotopic (exact) mass is 435 g/mol. The Morgan fingerprint density at radius 1 is 1.17 bits per heavy atom. The number of nitrogens with one attached hydrogen (secondary N) is 2. The quantitative estimate of drug-likeness (QED) is 0.257. The number of hydrogen-bond acceptors (Lipinski definition) is 3. The van der Waals surface area contributed by atoms with Crippen LogP contribution < -0.4 is 15.4 Å². The minimum absolute atomic E-state index is 0. The molecule has 6 heteroatoms. The third kappa shape index (κ3) is 10.4. The number of hydrogen-bond donors (Lipinski definition) is 2. The van der Waals surface area contributed by atoms with Crippen LogP contribution in [0.4, 0.5) is 0 Å². The predicted octanol–water partition coefficient (Wildman–Crippen LogP) is 3.19. The van der Waals surface area contributed by atoms with Crippen molar-refractivity contribution >= 4 is 29.9 Å². The van der Waals surface area contributed by atoms with Crippen LogP contribution in [-0.4, -0.2) is 39.4 Å². The van der Waals surface area contributed by atoms with E-state index in [4.69, 9.17) is 9.47 Å². The summed E-state index contributed by atoms with van der Waals surface area (Å²) >= 11 is 0. The Morgan fingerprint density at radius 2 is 2.00 bits per heavy atom. The van der Waals surface area contributed by atoms with Gasteiger partial charge in [0, 0.05) is 26.7 Å². The highest BCUT2D eigenvalue weighted by atomic mass is 127. The molecule has 0 unspecified atom stereocenters. The fourth-order valence-corrected chi connectivity index (χ4v) is 1.87. The third-order valence-electron chi connectivity index (χ3n) is 3.09. The molecular formula is C17H30IN3O2. The summed E-state index contributed by atoms with van der Waals surface area (Å²) in [6, 6.07) is 8.15. The second-order valence-electron chi connectivity index (χ2n) is 4.90. The van der Waals surface area contributed by atoms with Gasteiger partial charge in [-0.25, -0.2) is 0 Å². The van der Waals surface area contributed by atoms with E-state index in [1.54, 1.807) is 7.05 Å². The lowest BCUT2D eigenvalue weighted by Gasteiger charge is -2.12. The number of halogens is 1. The van der Waals surface area contributed by atoms with E-state index >= 15 is 0 Å². The van der Waals surface area contributed by atoms with Gasteiger partial charge in [0.1, 0.15) is 5.75 Å². The summed E-state index contributed by atoms with van der Waals surface area (Å²) in [7, 11) is 1.76. The van der Waals surface area contributed by atoms with Crippen molar-refractivity contribution in [3.05, 3.63) is 29.8 Å². The van der Waals surface area contributed by atoms with Crippen LogP contribution in [-0.2, 0) is 11.3 Å². The number of guanidine groups is 1. The van der Waals surface area contributed by atoms with Crippen molar-refractivity contribution in [2.24, 2.45) is 4.99 Å². The van der Waals surface area contributed by atoms with Gasteiger partial charge in [-0.2, -0.15) is 0 Å². The van der Waals surface area contributed by atoms with Crippen LogP contribution in [0.25, 0.3) is 0 Å². The first-order chi connectivity index (χ1) is 10.8. The van der Waals surface area contributed by atoms with Crippen molar-refractivity contribution in [1.29, 1.82) is 0 Å². The van der Waals surface area contributed by atoms with Crippen molar-refractivity contribution in [3.8, 4) is 5.75 Å². The Hall–Kier alpha value is -1.02. The first kappa shape index (κ1) is 22.0. The second kappa shape index (κ2) is 14.6. The molecule has 0 saturated carbocycles. The summed E-state index contributed by atoms with van der Waals surface area (Å²) in [4.78, 5) is 4.19. The zero-order valence-electron chi connectivity index (χ0n) is 14.4. The Morgan fingerprint density at radius 3 is 2.70 bits per heavy atom. The van der Waals surface area contributed by atoms with Crippen molar-refractivity contribution in [2.75, 3.05) is 33.4 Å². The maximum atomic E-state index is 5.72. The van der Waals surface area contributed by atoms with E-state index in [9.17, 15) is 0 Å². The number of ether oxygens (including phenoxy) is 2. The maximum Gasteiger partial charge on any atom is 0.191 e. The molecule has 0 fully saturated rings. The Labute approximate surface area is 157 Å². The zero-order valence-corrected chi connectivity index (χ0v) is 16.8. The molecule has 0 amide bonds. The average molecular weight is 435 g/mol. The van der Waals surface area contributed by atoms with Crippen LogP contribution in [0.1, 0.15) is 32.3 Å². The molecule has 5 nitrogen and oxygen atoms in total. The van der Waals surface area contributed by atoms with E-state index < -0.39 is 0 Å². The molecule has 0 aliphatic carbocycles. The number of rotatable bonds is 10. The van der Waals surface area contributed by atoms with Crippen LogP contribution in [0, 0.1) is 0 Å². The number of unbranched alkanes of at least 4 members (excludes halogenated alkanes) is 1. The molecule has 0 spiro atoms. The highest BCUT2D eigenvalue weighted by molar-refractivity contribution is 14.0. The molecule has 1 rings (SSSR count). The Balaban J connectivity index is 0.00000484. The Bertz CT molecular complexity index is 442. The molecule has 0 bridgehead atoms. The summed E-state index contributed by atoms with van der Waals surface area (Å²) in [6.07, 6.45) is 2.23. The third-order valence-corrected chi connectivity index (χ3v) is 3.09. The van der Waals surface area contributed by atoms with E-state index in [0.717, 1.165) is 44.3 Å². The van der Waals surface area contributed by atoms with Crippen molar-refractivity contribution in [3.63, 3.8) is 0 Å². The van der Waals surface area contributed by atoms with Crippen LogP contribution >= 0.6 is 24.0 Å². The van der Waals surface area contributed by atoms with Gasteiger partial charge in [-0.05, 0) is 31.0 Å². The van der Waals surface area contributed by atoms with Crippen molar-refractivity contribution in [2.45, 2.75) is 33.2 Å². The first-order valence-electron chi connectivity index (χ1n) is 8.04. The number of aliphatic imine (C=N–C) groups is 1. The number of nitrogens with zero attached hydrogens (tertiary/aromatic N) is 1. The van der Waals surface area contributed by atoms with E-state index in [-0.39, 0.29) is 24.0 Å². The molecule has 0 atom stereocenters. The lowest BCUT2D eigenvalue weighted by atomic mass is 10.2. The normalized spacial score (nSPS) is 10.8. The van der Waals surface area contributed by atoms with Crippen molar-refractivity contribution in [1.82, 2.24) is 10.6 Å². The van der Waals surface area contributed by atoms with Gasteiger partial charge in [0.25, 0.3) is 0 Å². The zero-order chi connectivity index (χ0) is 16.0. The molecule has 1 aromatic carbocycles. The minimum Gasteiger partial charge on any atom is -0.494 e. The van der Waals surface area contributed by atoms with Gasteiger partial charge >= 0.3 is 0 Å².